The van der Waals surface area contributed by atoms with Crippen LogP contribution in [0.25, 0.3) is 0 Å². The first-order valence-electron chi connectivity index (χ1n) is 5.09. The van der Waals surface area contributed by atoms with Crippen LogP contribution < -0.4 is 10.5 Å². The molecule has 0 aliphatic heterocycles. The SMILES string of the molecule is Nc1cnc(Oc2cccc(Cl)c2Cl)cc1C(=O)O. The van der Waals surface area contributed by atoms with Crippen LogP contribution in [0.4, 0.5) is 5.69 Å². The number of carbonyl (C=O) groups is 1. The van der Waals surface area contributed by atoms with Crippen molar-refractivity contribution in [3.63, 3.8) is 0 Å². The van der Waals surface area contributed by atoms with Gasteiger partial charge in [0.2, 0.25) is 5.88 Å². The predicted molar refractivity (Wildman–Crippen MR) is 72.1 cm³/mol. The lowest BCUT2D eigenvalue weighted by atomic mass is 10.2. The van der Waals surface area contributed by atoms with Crippen LogP contribution in [0.15, 0.2) is 30.5 Å². The van der Waals surface area contributed by atoms with Crippen LogP contribution in [0.1, 0.15) is 10.4 Å². The van der Waals surface area contributed by atoms with E-state index in [1.54, 1.807) is 18.2 Å². The Morgan fingerprint density at radius 2 is 2.11 bits per heavy atom. The lowest BCUT2D eigenvalue weighted by molar-refractivity contribution is 0.0697. The molecule has 5 nitrogen and oxygen atoms in total. The van der Waals surface area contributed by atoms with Gasteiger partial charge in [0.15, 0.2) is 0 Å². The summed E-state index contributed by atoms with van der Waals surface area (Å²) < 4.78 is 5.39. The summed E-state index contributed by atoms with van der Waals surface area (Å²) in [6.07, 6.45) is 1.21. The molecule has 0 saturated heterocycles. The third-order valence-electron chi connectivity index (χ3n) is 2.27. The third-order valence-corrected chi connectivity index (χ3v) is 3.07. The number of benzene rings is 1. The lowest BCUT2D eigenvalue weighted by Crippen LogP contribution is -2.03. The molecular weight excluding hydrogens is 291 g/mol. The van der Waals surface area contributed by atoms with Crippen molar-refractivity contribution >= 4 is 34.9 Å². The maximum Gasteiger partial charge on any atom is 0.338 e. The Morgan fingerprint density at radius 1 is 1.37 bits per heavy atom. The fourth-order valence-corrected chi connectivity index (χ4v) is 1.69. The van der Waals surface area contributed by atoms with Gasteiger partial charge in [-0.25, -0.2) is 9.78 Å². The van der Waals surface area contributed by atoms with Gasteiger partial charge in [0.25, 0.3) is 0 Å². The summed E-state index contributed by atoms with van der Waals surface area (Å²) in [5, 5.41) is 9.49. The summed E-state index contributed by atoms with van der Waals surface area (Å²) in [7, 11) is 0. The molecule has 19 heavy (non-hydrogen) atoms. The number of nitrogen functional groups attached to an aromatic ring is 1. The van der Waals surface area contributed by atoms with E-state index in [2.05, 4.69) is 4.98 Å². The van der Waals surface area contributed by atoms with Gasteiger partial charge in [-0.1, -0.05) is 29.3 Å². The molecule has 0 aliphatic rings. The van der Waals surface area contributed by atoms with Crippen LogP contribution in [-0.2, 0) is 0 Å². The van der Waals surface area contributed by atoms with Crippen LogP contribution in [0.5, 0.6) is 11.6 Å². The number of halogens is 2. The quantitative estimate of drug-likeness (QED) is 0.906. The zero-order valence-corrected chi connectivity index (χ0v) is 10.9. The highest BCUT2D eigenvalue weighted by molar-refractivity contribution is 6.42. The van der Waals surface area contributed by atoms with Crippen LogP contribution in [-0.4, -0.2) is 16.1 Å². The molecule has 1 aromatic carbocycles. The average Bonchev–Trinajstić information content (AvgIpc) is 2.37. The maximum absolute atomic E-state index is 10.9. The molecule has 1 aromatic heterocycles. The number of carboxylic acid groups (broad SMARTS) is 1. The summed E-state index contributed by atoms with van der Waals surface area (Å²) in [5.41, 5.74) is 5.45. The fraction of sp³-hybridized carbons (Fsp3) is 0. The molecule has 0 unspecified atom stereocenters. The van der Waals surface area contributed by atoms with Crippen molar-refractivity contribution in [2.75, 3.05) is 5.73 Å². The zero-order valence-electron chi connectivity index (χ0n) is 9.43. The molecule has 7 heteroatoms. The van der Waals surface area contributed by atoms with Crippen LogP contribution in [0.3, 0.4) is 0 Å². The number of carboxylic acids is 1. The van der Waals surface area contributed by atoms with E-state index in [-0.39, 0.29) is 27.9 Å². The van der Waals surface area contributed by atoms with Crippen molar-refractivity contribution in [3.05, 3.63) is 46.1 Å². The van der Waals surface area contributed by atoms with Crippen molar-refractivity contribution in [3.8, 4) is 11.6 Å². The number of nitrogens with zero attached hydrogens (tertiary/aromatic N) is 1. The molecule has 0 amide bonds. The highest BCUT2D eigenvalue weighted by atomic mass is 35.5. The van der Waals surface area contributed by atoms with E-state index in [9.17, 15) is 4.79 Å². The zero-order chi connectivity index (χ0) is 14.0. The largest absolute Gasteiger partial charge is 0.478 e. The summed E-state index contributed by atoms with van der Waals surface area (Å²) in [6.45, 7) is 0. The molecule has 1 heterocycles. The molecule has 0 bridgehead atoms. The molecule has 2 aromatic rings. The number of rotatable bonds is 3. The highest BCUT2D eigenvalue weighted by Crippen LogP contribution is 2.34. The third kappa shape index (κ3) is 2.89. The predicted octanol–water partition coefficient (Wildman–Crippen LogP) is 3.46. The van der Waals surface area contributed by atoms with Crippen molar-refractivity contribution in [1.82, 2.24) is 4.98 Å². The molecule has 0 fully saturated rings. The van der Waals surface area contributed by atoms with E-state index in [0.29, 0.717) is 5.02 Å². The molecule has 0 aliphatic carbocycles. The molecule has 0 radical (unpaired) electrons. The van der Waals surface area contributed by atoms with Gasteiger partial charge in [0.05, 0.1) is 22.5 Å². The van der Waals surface area contributed by atoms with E-state index in [1.165, 1.54) is 12.3 Å². The van der Waals surface area contributed by atoms with Gasteiger partial charge in [-0.15, -0.1) is 0 Å². The first-order valence-corrected chi connectivity index (χ1v) is 5.85. The van der Waals surface area contributed by atoms with Crippen LogP contribution in [0.2, 0.25) is 10.0 Å². The van der Waals surface area contributed by atoms with Crippen molar-refractivity contribution in [2.45, 2.75) is 0 Å². The minimum atomic E-state index is -1.16. The van der Waals surface area contributed by atoms with E-state index in [0.717, 1.165) is 0 Å². The molecule has 0 atom stereocenters. The summed E-state index contributed by atoms with van der Waals surface area (Å²) >= 11 is 11.8. The Labute approximate surface area is 118 Å². The number of hydrogen-bond acceptors (Lipinski definition) is 4. The van der Waals surface area contributed by atoms with E-state index < -0.39 is 5.97 Å². The van der Waals surface area contributed by atoms with E-state index in [1.807, 2.05) is 0 Å². The smallest absolute Gasteiger partial charge is 0.338 e. The van der Waals surface area contributed by atoms with Gasteiger partial charge < -0.3 is 15.6 Å². The average molecular weight is 299 g/mol. The second kappa shape index (κ2) is 5.34. The topological polar surface area (TPSA) is 85.4 Å². The van der Waals surface area contributed by atoms with Gasteiger partial charge >= 0.3 is 5.97 Å². The number of aromatic nitrogens is 1. The maximum atomic E-state index is 10.9. The molecule has 2 rings (SSSR count). The Bertz CT molecular complexity index is 647. The first-order chi connectivity index (χ1) is 8.99. The van der Waals surface area contributed by atoms with Gasteiger partial charge in [0.1, 0.15) is 10.8 Å². The fourth-order valence-electron chi connectivity index (χ4n) is 1.36. The summed E-state index contributed by atoms with van der Waals surface area (Å²) in [5.74, 6) is -0.819. The first kappa shape index (κ1) is 13.5. The van der Waals surface area contributed by atoms with Crippen LogP contribution >= 0.6 is 23.2 Å². The molecule has 0 spiro atoms. The van der Waals surface area contributed by atoms with Gasteiger partial charge in [-0.3, -0.25) is 0 Å². The van der Waals surface area contributed by atoms with E-state index >= 15 is 0 Å². The van der Waals surface area contributed by atoms with Crippen molar-refractivity contribution in [2.24, 2.45) is 0 Å². The minimum Gasteiger partial charge on any atom is -0.478 e. The Morgan fingerprint density at radius 3 is 2.79 bits per heavy atom. The number of ether oxygens (including phenoxy) is 1. The second-order valence-corrected chi connectivity index (χ2v) is 4.35. The molecule has 98 valence electrons. The van der Waals surface area contributed by atoms with E-state index in [4.69, 9.17) is 38.8 Å². The standard InChI is InChI=1S/C12H8Cl2N2O3/c13-7-2-1-3-9(11(7)14)19-10-4-6(12(17)18)8(15)5-16-10/h1-5H,15H2,(H,17,18). The van der Waals surface area contributed by atoms with Crippen molar-refractivity contribution < 1.29 is 14.6 Å². The number of hydrogen-bond donors (Lipinski definition) is 2. The highest BCUT2D eigenvalue weighted by Gasteiger charge is 2.12. The Hall–Kier alpha value is -1.98. The second-order valence-electron chi connectivity index (χ2n) is 3.57. The Balaban J connectivity index is 2.36. The normalized spacial score (nSPS) is 10.2. The Kier molecular flexibility index (Phi) is 3.78. The van der Waals surface area contributed by atoms with Gasteiger partial charge in [-0.05, 0) is 12.1 Å². The van der Waals surface area contributed by atoms with Gasteiger partial charge in [0, 0.05) is 6.07 Å². The summed E-state index contributed by atoms with van der Waals surface area (Å²) in [6, 6.07) is 6.07. The number of anilines is 1. The molecular formula is C12H8Cl2N2O3. The lowest BCUT2D eigenvalue weighted by Gasteiger charge is -2.08. The molecule has 0 saturated carbocycles. The number of pyridine rings is 1. The minimum absolute atomic E-state index is 0.0528. The monoisotopic (exact) mass is 298 g/mol. The van der Waals surface area contributed by atoms with Crippen LogP contribution in [0, 0.1) is 0 Å². The van der Waals surface area contributed by atoms with Crippen molar-refractivity contribution in [1.29, 1.82) is 0 Å². The summed E-state index contributed by atoms with van der Waals surface area (Å²) in [4.78, 5) is 14.8. The van der Waals surface area contributed by atoms with Gasteiger partial charge in [-0.2, -0.15) is 0 Å². The number of nitrogens with two attached hydrogens (primary N) is 1. The number of aromatic carboxylic acids is 1. The molecule has 3 N–H and O–H groups in total.